The van der Waals surface area contributed by atoms with Crippen LogP contribution in [0.3, 0.4) is 0 Å². The fraction of sp³-hybridized carbons (Fsp3) is 0.500. The van der Waals surface area contributed by atoms with E-state index in [1.165, 1.54) is 0 Å². The molecule has 1 aliphatic heterocycles. The fourth-order valence-electron chi connectivity index (χ4n) is 1.97. The summed E-state index contributed by atoms with van der Waals surface area (Å²) in [6.45, 7) is 2.26. The zero-order valence-electron chi connectivity index (χ0n) is 8.91. The van der Waals surface area contributed by atoms with Crippen LogP contribution in [0.15, 0.2) is 30.3 Å². The van der Waals surface area contributed by atoms with Crippen LogP contribution in [-0.2, 0) is 4.74 Å². The summed E-state index contributed by atoms with van der Waals surface area (Å²) in [5, 5.41) is 3.54. The largest absolute Gasteiger partial charge is 0.381 e. The van der Waals surface area contributed by atoms with Gasteiger partial charge in [0.15, 0.2) is 0 Å². The Morgan fingerprint density at radius 2 is 1.87 bits per heavy atom. The Morgan fingerprint density at radius 1 is 1.20 bits per heavy atom. The number of hydrogen-bond acceptors (Lipinski definition) is 3. The second kappa shape index (κ2) is 4.64. The minimum atomic E-state index is 0.0274. The van der Waals surface area contributed by atoms with Gasteiger partial charge < -0.3 is 15.8 Å². The van der Waals surface area contributed by atoms with E-state index in [9.17, 15) is 0 Å². The van der Waals surface area contributed by atoms with Crippen LogP contribution < -0.4 is 11.1 Å². The molecule has 1 aromatic carbocycles. The molecule has 1 saturated heterocycles. The van der Waals surface area contributed by atoms with Crippen molar-refractivity contribution in [3.63, 3.8) is 0 Å². The molecule has 1 fully saturated rings. The molecule has 15 heavy (non-hydrogen) atoms. The Bertz CT molecular complexity index is 294. The quantitative estimate of drug-likeness (QED) is 0.789. The summed E-state index contributed by atoms with van der Waals surface area (Å²) in [4.78, 5) is 0. The average Bonchev–Trinajstić information content (AvgIpc) is 2.32. The molecule has 0 aliphatic carbocycles. The third kappa shape index (κ3) is 2.49. The fourth-order valence-corrected chi connectivity index (χ4v) is 1.97. The molecule has 0 bridgehead atoms. The van der Waals surface area contributed by atoms with Crippen LogP contribution in [-0.4, -0.2) is 25.3 Å². The Labute approximate surface area is 90.6 Å². The first-order chi connectivity index (χ1) is 7.35. The first-order valence-electron chi connectivity index (χ1n) is 5.46. The van der Waals surface area contributed by atoms with Gasteiger partial charge in [-0.05, 0) is 25.0 Å². The van der Waals surface area contributed by atoms with Gasteiger partial charge in [0, 0.05) is 25.4 Å². The van der Waals surface area contributed by atoms with Crippen LogP contribution in [0.1, 0.15) is 12.8 Å². The number of ether oxygens (including phenoxy) is 1. The van der Waals surface area contributed by atoms with Crippen LogP contribution in [0.5, 0.6) is 0 Å². The van der Waals surface area contributed by atoms with E-state index in [4.69, 9.17) is 10.5 Å². The maximum atomic E-state index is 5.87. The highest BCUT2D eigenvalue weighted by Crippen LogP contribution is 2.24. The van der Waals surface area contributed by atoms with Crippen LogP contribution in [0.4, 0.5) is 5.69 Å². The first-order valence-corrected chi connectivity index (χ1v) is 5.46. The lowest BCUT2D eigenvalue weighted by molar-refractivity contribution is 0.0628. The van der Waals surface area contributed by atoms with Gasteiger partial charge in [0.1, 0.15) is 0 Å². The second-order valence-electron chi connectivity index (χ2n) is 4.09. The summed E-state index contributed by atoms with van der Waals surface area (Å²) in [5.41, 5.74) is 7.04. The summed E-state index contributed by atoms with van der Waals surface area (Å²) in [6.07, 6.45) is 1.97. The van der Waals surface area contributed by atoms with Crippen molar-refractivity contribution in [3.05, 3.63) is 30.3 Å². The molecule has 0 saturated carbocycles. The smallest absolute Gasteiger partial charge is 0.0539 e. The number of nitrogens with one attached hydrogen (secondary N) is 1. The molecular weight excluding hydrogens is 188 g/mol. The van der Waals surface area contributed by atoms with Crippen molar-refractivity contribution in [2.24, 2.45) is 5.73 Å². The van der Waals surface area contributed by atoms with E-state index in [1.54, 1.807) is 0 Å². The third-order valence-electron chi connectivity index (χ3n) is 3.02. The van der Waals surface area contributed by atoms with E-state index in [0.29, 0.717) is 6.54 Å². The molecule has 2 rings (SSSR count). The molecule has 3 nitrogen and oxygen atoms in total. The number of benzene rings is 1. The van der Waals surface area contributed by atoms with E-state index in [1.807, 2.05) is 18.2 Å². The lowest BCUT2D eigenvalue weighted by Crippen LogP contribution is -2.49. The molecule has 1 aliphatic rings. The van der Waals surface area contributed by atoms with Crippen molar-refractivity contribution in [1.29, 1.82) is 0 Å². The van der Waals surface area contributed by atoms with Crippen molar-refractivity contribution < 1.29 is 4.74 Å². The number of hydrogen-bond donors (Lipinski definition) is 2. The summed E-state index contributed by atoms with van der Waals surface area (Å²) >= 11 is 0. The molecule has 0 amide bonds. The predicted octanol–water partition coefficient (Wildman–Crippen LogP) is 1.61. The highest BCUT2D eigenvalue weighted by atomic mass is 16.5. The van der Waals surface area contributed by atoms with E-state index < -0.39 is 0 Å². The lowest BCUT2D eigenvalue weighted by atomic mass is 9.90. The van der Waals surface area contributed by atoms with Crippen molar-refractivity contribution in [3.8, 4) is 0 Å². The molecule has 3 N–H and O–H groups in total. The van der Waals surface area contributed by atoms with E-state index in [2.05, 4.69) is 17.4 Å². The number of nitrogens with two attached hydrogens (primary N) is 1. The van der Waals surface area contributed by atoms with Gasteiger partial charge in [-0.2, -0.15) is 0 Å². The monoisotopic (exact) mass is 206 g/mol. The molecule has 0 aromatic heterocycles. The zero-order chi connectivity index (χ0) is 10.6. The van der Waals surface area contributed by atoms with E-state index >= 15 is 0 Å². The van der Waals surface area contributed by atoms with Gasteiger partial charge in [-0.1, -0.05) is 18.2 Å². The van der Waals surface area contributed by atoms with Gasteiger partial charge in [0.05, 0.1) is 5.54 Å². The standard InChI is InChI=1S/C12H18N2O/c13-10-12(6-8-15-9-7-12)14-11-4-2-1-3-5-11/h1-5,14H,6-10,13H2. The average molecular weight is 206 g/mol. The number of rotatable bonds is 3. The molecule has 0 atom stereocenters. The summed E-state index contributed by atoms with van der Waals surface area (Å²) in [5.74, 6) is 0. The van der Waals surface area contributed by atoms with Crippen molar-refractivity contribution in [2.75, 3.05) is 25.1 Å². The van der Waals surface area contributed by atoms with Gasteiger partial charge in [-0.15, -0.1) is 0 Å². The zero-order valence-corrected chi connectivity index (χ0v) is 8.91. The lowest BCUT2D eigenvalue weighted by Gasteiger charge is -2.37. The van der Waals surface area contributed by atoms with Crippen LogP contribution in [0.25, 0.3) is 0 Å². The maximum Gasteiger partial charge on any atom is 0.0539 e. The highest BCUT2D eigenvalue weighted by molar-refractivity contribution is 5.45. The molecule has 82 valence electrons. The number of para-hydroxylation sites is 1. The summed E-state index contributed by atoms with van der Waals surface area (Å²) in [6, 6.07) is 10.2. The predicted molar refractivity (Wildman–Crippen MR) is 61.9 cm³/mol. The minimum Gasteiger partial charge on any atom is -0.381 e. The summed E-state index contributed by atoms with van der Waals surface area (Å²) in [7, 11) is 0. The molecule has 1 heterocycles. The van der Waals surface area contributed by atoms with Gasteiger partial charge in [-0.3, -0.25) is 0 Å². The Morgan fingerprint density at radius 3 is 2.47 bits per heavy atom. The molecule has 0 spiro atoms. The van der Waals surface area contributed by atoms with Crippen LogP contribution in [0, 0.1) is 0 Å². The van der Waals surface area contributed by atoms with Crippen LogP contribution in [0.2, 0.25) is 0 Å². The van der Waals surface area contributed by atoms with Gasteiger partial charge in [-0.25, -0.2) is 0 Å². The SMILES string of the molecule is NCC1(Nc2ccccc2)CCOCC1. The van der Waals surface area contributed by atoms with Gasteiger partial charge in [0.25, 0.3) is 0 Å². The van der Waals surface area contributed by atoms with Gasteiger partial charge in [0.2, 0.25) is 0 Å². The second-order valence-corrected chi connectivity index (χ2v) is 4.09. The first kappa shape index (κ1) is 10.5. The van der Waals surface area contributed by atoms with Crippen molar-refractivity contribution in [1.82, 2.24) is 0 Å². The van der Waals surface area contributed by atoms with Crippen molar-refractivity contribution >= 4 is 5.69 Å². The molecule has 0 radical (unpaired) electrons. The molecule has 1 aromatic rings. The highest BCUT2D eigenvalue weighted by Gasteiger charge is 2.30. The number of anilines is 1. The van der Waals surface area contributed by atoms with E-state index in [0.717, 1.165) is 31.7 Å². The molecule has 3 heteroatoms. The Balaban J connectivity index is 2.07. The molecular formula is C12H18N2O. The van der Waals surface area contributed by atoms with E-state index in [-0.39, 0.29) is 5.54 Å². The van der Waals surface area contributed by atoms with Crippen molar-refractivity contribution in [2.45, 2.75) is 18.4 Å². The Kier molecular flexibility index (Phi) is 3.23. The minimum absolute atomic E-state index is 0.0274. The topological polar surface area (TPSA) is 47.3 Å². The molecule has 0 unspecified atom stereocenters. The normalized spacial score (nSPS) is 19.8. The van der Waals surface area contributed by atoms with Gasteiger partial charge >= 0.3 is 0 Å². The maximum absolute atomic E-state index is 5.87. The Hall–Kier alpha value is -1.06. The van der Waals surface area contributed by atoms with Crippen LogP contribution >= 0.6 is 0 Å². The third-order valence-corrected chi connectivity index (χ3v) is 3.02. The summed E-state index contributed by atoms with van der Waals surface area (Å²) < 4.78 is 5.37.